The quantitative estimate of drug-likeness (QED) is 0.293. The van der Waals surface area contributed by atoms with Crippen molar-refractivity contribution >= 4 is 45.9 Å². The second-order valence-corrected chi connectivity index (χ2v) is 7.96. The van der Waals surface area contributed by atoms with Gasteiger partial charge in [0.15, 0.2) is 5.76 Å². The molecule has 9 nitrogen and oxygen atoms in total. The van der Waals surface area contributed by atoms with Gasteiger partial charge in [0.1, 0.15) is 10.7 Å². The summed E-state index contributed by atoms with van der Waals surface area (Å²) in [5.74, 6) is 0.804. The minimum absolute atomic E-state index is 0.0584. The summed E-state index contributed by atoms with van der Waals surface area (Å²) in [6, 6.07) is 14.2. The van der Waals surface area contributed by atoms with Crippen LogP contribution in [0.25, 0.3) is 11.3 Å². The average Bonchev–Trinajstić information content (AvgIpc) is 3.29. The highest BCUT2D eigenvalue weighted by molar-refractivity contribution is 7.80. The molecule has 0 bridgehead atoms. The van der Waals surface area contributed by atoms with Crippen molar-refractivity contribution < 1.29 is 14.3 Å². The number of anilines is 1. The van der Waals surface area contributed by atoms with E-state index in [2.05, 4.69) is 4.90 Å². The first kappa shape index (κ1) is 21.7. The third kappa shape index (κ3) is 4.41. The molecule has 0 saturated carbocycles. The van der Waals surface area contributed by atoms with Gasteiger partial charge in [-0.3, -0.25) is 20.2 Å². The van der Waals surface area contributed by atoms with E-state index in [1.807, 2.05) is 4.90 Å². The van der Waals surface area contributed by atoms with Crippen molar-refractivity contribution in [3.63, 3.8) is 0 Å². The summed E-state index contributed by atoms with van der Waals surface area (Å²) in [6.07, 6.45) is 0. The number of nitro benzene ring substituents is 2. The van der Waals surface area contributed by atoms with Crippen LogP contribution in [-0.4, -0.2) is 45.9 Å². The van der Waals surface area contributed by atoms with Crippen molar-refractivity contribution in [3.05, 3.63) is 85.6 Å². The minimum atomic E-state index is -0.501. The third-order valence-corrected chi connectivity index (χ3v) is 5.93. The zero-order valence-corrected chi connectivity index (χ0v) is 18.2. The van der Waals surface area contributed by atoms with Gasteiger partial charge in [-0.15, -0.1) is 0 Å². The summed E-state index contributed by atoms with van der Waals surface area (Å²) in [6.45, 7) is 2.67. The van der Waals surface area contributed by atoms with Crippen LogP contribution in [0.2, 0.25) is 5.02 Å². The maximum absolute atomic E-state index is 11.4. The van der Waals surface area contributed by atoms with Gasteiger partial charge < -0.3 is 14.2 Å². The molecule has 0 unspecified atom stereocenters. The molecule has 0 radical (unpaired) electrons. The third-order valence-electron chi connectivity index (χ3n) is 5.23. The number of non-ortho nitro benzene ring substituents is 1. The van der Waals surface area contributed by atoms with Crippen LogP contribution >= 0.6 is 23.8 Å². The van der Waals surface area contributed by atoms with Gasteiger partial charge in [0.05, 0.1) is 15.4 Å². The van der Waals surface area contributed by atoms with Crippen LogP contribution in [0.3, 0.4) is 0 Å². The van der Waals surface area contributed by atoms with E-state index in [1.165, 1.54) is 18.2 Å². The van der Waals surface area contributed by atoms with E-state index in [1.54, 1.807) is 36.4 Å². The second kappa shape index (κ2) is 8.93. The van der Waals surface area contributed by atoms with E-state index >= 15 is 0 Å². The Bertz CT molecular complexity index is 1190. The molecule has 2 aromatic carbocycles. The Kier molecular flexibility index (Phi) is 6.06. The van der Waals surface area contributed by atoms with Crippen molar-refractivity contribution in [2.24, 2.45) is 0 Å². The zero-order valence-electron chi connectivity index (χ0n) is 16.6. The highest BCUT2D eigenvalue weighted by Crippen LogP contribution is 2.33. The molecule has 1 fully saturated rings. The zero-order chi connectivity index (χ0) is 22.8. The summed E-state index contributed by atoms with van der Waals surface area (Å²) < 4.78 is 5.85. The number of hydrogen-bond acceptors (Lipinski definition) is 7. The molecule has 1 aliphatic heterocycles. The standard InChI is InChI=1S/C21H17ClN4O5S/c22-14-1-6-17(18(13-14)26(29)30)19-7-8-20(31-19)21(32)24-11-9-23(10-12-24)15-2-4-16(5-3-15)25(27)28/h1-8,13H,9-12H2. The van der Waals surface area contributed by atoms with Gasteiger partial charge in [-0.2, -0.15) is 0 Å². The topological polar surface area (TPSA) is 106 Å². The molecule has 4 rings (SSSR count). The number of halogens is 1. The molecule has 0 aliphatic carbocycles. The molecule has 1 saturated heterocycles. The van der Waals surface area contributed by atoms with Crippen LogP contribution in [0, 0.1) is 20.2 Å². The van der Waals surface area contributed by atoms with Crippen LogP contribution < -0.4 is 4.90 Å². The maximum atomic E-state index is 11.4. The van der Waals surface area contributed by atoms with E-state index in [-0.39, 0.29) is 16.4 Å². The molecule has 3 aromatic rings. The summed E-state index contributed by atoms with van der Waals surface area (Å²) in [4.78, 5) is 25.9. The fourth-order valence-electron chi connectivity index (χ4n) is 3.57. The number of piperazine rings is 1. The predicted octanol–water partition coefficient (Wildman–Crippen LogP) is 4.91. The maximum Gasteiger partial charge on any atom is 0.281 e. The SMILES string of the molecule is O=[N+]([O-])c1ccc(N2CCN(C(=S)c3ccc(-c4ccc(Cl)cc4[N+](=O)[O-])o3)CC2)cc1. The first-order valence-electron chi connectivity index (χ1n) is 9.66. The van der Waals surface area contributed by atoms with Gasteiger partial charge in [-0.05, 0) is 36.4 Å². The van der Waals surface area contributed by atoms with Crippen molar-refractivity contribution in [3.8, 4) is 11.3 Å². The van der Waals surface area contributed by atoms with E-state index < -0.39 is 9.85 Å². The lowest BCUT2D eigenvalue weighted by Gasteiger charge is -2.36. The summed E-state index contributed by atoms with van der Waals surface area (Å²) in [5.41, 5.74) is 1.16. The highest BCUT2D eigenvalue weighted by Gasteiger charge is 2.24. The van der Waals surface area contributed by atoms with Crippen molar-refractivity contribution in [2.45, 2.75) is 0 Å². The molecule has 1 aliphatic rings. The van der Waals surface area contributed by atoms with E-state index in [4.69, 9.17) is 28.2 Å². The number of benzene rings is 2. The normalized spacial score (nSPS) is 13.8. The van der Waals surface area contributed by atoms with Gasteiger partial charge >= 0.3 is 0 Å². The van der Waals surface area contributed by atoms with Gasteiger partial charge in [0.25, 0.3) is 11.4 Å². The summed E-state index contributed by atoms with van der Waals surface area (Å²) >= 11 is 11.5. The number of nitrogens with zero attached hydrogens (tertiary/aromatic N) is 4. The van der Waals surface area contributed by atoms with E-state index in [9.17, 15) is 20.2 Å². The van der Waals surface area contributed by atoms with Gasteiger partial charge in [0.2, 0.25) is 0 Å². The fourth-order valence-corrected chi connectivity index (χ4v) is 4.03. The molecular formula is C21H17ClN4O5S. The molecule has 0 atom stereocenters. The van der Waals surface area contributed by atoms with Gasteiger partial charge in [0, 0.05) is 55.1 Å². The Hall–Kier alpha value is -3.50. The van der Waals surface area contributed by atoms with Crippen LogP contribution in [0.5, 0.6) is 0 Å². The number of thiocarbonyl (C=S) groups is 1. The van der Waals surface area contributed by atoms with Gasteiger partial charge in [-0.25, -0.2) is 0 Å². The Morgan fingerprint density at radius 3 is 2.25 bits per heavy atom. The molecular weight excluding hydrogens is 456 g/mol. The number of hydrogen-bond donors (Lipinski definition) is 0. The van der Waals surface area contributed by atoms with Crippen LogP contribution in [0.15, 0.2) is 59.0 Å². The van der Waals surface area contributed by atoms with Crippen LogP contribution in [0.4, 0.5) is 17.1 Å². The van der Waals surface area contributed by atoms with Crippen molar-refractivity contribution in [1.82, 2.24) is 4.90 Å². The van der Waals surface area contributed by atoms with Crippen molar-refractivity contribution in [1.29, 1.82) is 0 Å². The Labute approximate surface area is 193 Å². The lowest BCUT2D eigenvalue weighted by molar-refractivity contribution is -0.384. The lowest BCUT2D eigenvalue weighted by Crippen LogP contribution is -2.48. The average molecular weight is 473 g/mol. The highest BCUT2D eigenvalue weighted by atomic mass is 35.5. The Morgan fingerprint density at radius 2 is 1.62 bits per heavy atom. The lowest BCUT2D eigenvalue weighted by atomic mass is 10.1. The van der Waals surface area contributed by atoms with Crippen LogP contribution in [0.1, 0.15) is 5.76 Å². The first-order chi connectivity index (χ1) is 15.3. The number of nitro groups is 2. The Balaban J connectivity index is 1.44. The largest absolute Gasteiger partial charge is 0.453 e. The molecule has 0 spiro atoms. The first-order valence-corrected chi connectivity index (χ1v) is 10.4. The smallest absolute Gasteiger partial charge is 0.281 e. The molecule has 1 aromatic heterocycles. The second-order valence-electron chi connectivity index (χ2n) is 7.14. The summed E-state index contributed by atoms with van der Waals surface area (Å²) in [5, 5.41) is 22.5. The van der Waals surface area contributed by atoms with E-state index in [0.717, 1.165) is 5.69 Å². The monoisotopic (exact) mass is 472 g/mol. The van der Waals surface area contributed by atoms with E-state index in [0.29, 0.717) is 48.3 Å². The molecule has 2 heterocycles. The Morgan fingerprint density at radius 1 is 0.938 bits per heavy atom. The van der Waals surface area contributed by atoms with Crippen LogP contribution in [-0.2, 0) is 0 Å². The molecule has 164 valence electrons. The minimum Gasteiger partial charge on any atom is -0.453 e. The molecule has 32 heavy (non-hydrogen) atoms. The fraction of sp³-hybridized carbons (Fsp3) is 0.190. The molecule has 0 amide bonds. The number of furan rings is 1. The predicted molar refractivity (Wildman–Crippen MR) is 124 cm³/mol. The number of rotatable bonds is 5. The molecule has 0 N–H and O–H groups in total. The molecule has 11 heteroatoms. The summed E-state index contributed by atoms with van der Waals surface area (Å²) in [7, 11) is 0. The van der Waals surface area contributed by atoms with Crippen molar-refractivity contribution in [2.75, 3.05) is 31.1 Å². The van der Waals surface area contributed by atoms with Gasteiger partial charge in [-0.1, -0.05) is 23.8 Å².